The van der Waals surface area contributed by atoms with Gasteiger partial charge in [0.15, 0.2) is 5.60 Å². The molecule has 122 valence electrons. The van der Waals surface area contributed by atoms with E-state index in [9.17, 15) is 29.7 Å². The molecule has 0 amide bonds. The van der Waals surface area contributed by atoms with Crippen LogP contribution >= 0.6 is 0 Å². The predicted octanol–water partition coefficient (Wildman–Crippen LogP) is 1.00. The molecule has 3 rings (SSSR count). The Morgan fingerprint density at radius 3 is 2.00 bits per heavy atom. The molecule has 0 aliphatic carbocycles. The first-order valence-electron chi connectivity index (χ1n) is 6.93. The number of aliphatic carboxylic acids is 2. The number of fused-ring (bicyclic) bond motifs is 1. The van der Waals surface area contributed by atoms with Gasteiger partial charge in [-0.05, 0) is 11.6 Å². The van der Waals surface area contributed by atoms with Gasteiger partial charge in [-0.25, -0.2) is 14.4 Å². The van der Waals surface area contributed by atoms with Crippen LogP contribution in [0.15, 0.2) is 54.6 Å². The SMILES string of the molecule is O=C1OC(C(=O)O)(C(=O)O)C(O)(c2ccccc2)c2ccccc21. The maximum atomic E-state index is 12.2. The van der Waals surface area contributed by atoms with Crippen molar-refractivity contribution in [3.8, 4) is 0 Å². The largest absolute Gasteiger partial charge is 0.478 e. The highest BCUT2D eigenvalue weighted by molar-refractivity contribution is 6.10. The standard InChI is InChI=1S/C17H12O7/c18-13-11-8-4-5-9-12(11)16(23,10-6-2-1-3-7-10)17(24-13,14(19)20)15(21)22/h1-9,23H,(H,19,20)(H,21,22). The van der Waals surface area contributed by atoms with Crippen LogP contribution in [0.4, 0.5) is 0 Å². The van der Waals surface area contributed by atoms with Crippen LogP contribution in [0.5, 0.6) is 0 Å². The minimum absolute atomic E-state index is 0.0187. The molecule has 24 heavy (non-hydrogen) atoms. The summed E-state index contributed by atoms with van der Waals surface area (Å²) in [5, 5.41) is 30.5. The van der Waals surface area contributed by atoms with Crippen LogP contribution in [-0.4, -0.2) is 38.8 Å². The van der Waals surface area contributed by atoms with Crippen molar-refractivity contribution in [2.75, 3.05) is 0 Å². The minimum Gasteiger partial charge on any atom is -0.478 e. The van der Waals surface area contributed by atoms with Gasteiger partial charge < -0.3 is 20.1 Å². The highest BCUT2D eigenvalue weighted by Gasteiger charge is 2.70. The van der Waals surface area contributed by atoms with Gasteiger partial charge in [0.05, 0.1) is 5.56 Å². The zero-order valence-corrected chi connectivity index (χ0v) is 12.2. The van der Waals surface area contributed by atoms with E-state index in [2.05, 4.69) is 0 Å². The molecule has 7 nitrogen and oxygen atoms in total. The molecule has 2 aromatic carbocycles. The Balaban J connectivity index is 2.46. The number of esters is 1. The maximum Gasteiger partial charge on any atom is 0.364 e. The smallest absolute Gasteiger partial charge is 0.364 e. The first kappa shape index (κ1) is 15.7. The van der Waals surface area contributed by atoms with Gasteiger partial charge in [-0.2, -0.15) is 0 Å². The maximum absolute atomic E-state index is 12.2. The topological polar surface area (TPSA) is 121 Å². The molecule has 0 saturated carbocycles. The summed E-state index contributed by atoms with van der Waals surface area (Å²) in [6.45, 7) is 0. The zero-order chi connectivity index (χ0) is 17.5. The van der Waals surface area contributed by atoms with E-state index >= 15 is 0 Å². The number of benzene rings is 2. The fourth-order valence-electron chi connectivity index (χ4n) is 2.96. The van der Waals surface area contributed by atoms with Gasteiger partial charge in [-0.15, -0.1) is 0 Å². The fraction of sp³-hybridized carbons (Fsp3) is 0.118. The molecule has 1 unspecified atom stereocenters. The monoisotopic (exact) mass is 328 g/mol. The fourth-order valence-corrected chi connectivity index (χ4v) is 2.96. The summed E-state index contributed by atoms with van der Waals surface area (Å²) >= 11 is 0. The van der Waals surface area contributed by atoms with Gasteiger partial charge in [0.1, 0.15) is 0 Å². The van der Waals surface area contributed by atoms with Crippen LogP contribution in [0, 0.1) is 0 Å². The third kappa shape index (κ3) is 1.79. The molecule has 0 bridgehead atoms. The molecule has 0 spiro atoms. The number of aliphatic hydroxyl groups is 1. The first-order chi connectivity index (χ1) is 11.4. The Bertz CT molecular complexity index is 829. The molecular weight excluding hydrogens is 316 g/mol. The molecule has 0 saturated heterocycles. The van der Waals surface area contributed by atoms with Gasteiger partial charge in [0, 0.05) is 5.56 Å². The molecule has 1 aliphatic rings. The molecular formula is C17H12O7. The molecule has 1 heterocycles. The van der Waals surface area contributed by atoms with Crippen molar-refractivity contribution in [2.24, 2.45) is 0 Å². The molecule has 0 radical (unpaired) electrons. The summed E-state index contributed by atoms with van der Waals surface area (Å²) < 4.78 is 4.81. The number of hydrogen-bond donors (Lipinski definition) is 3. The predicted molar refractivity (Wildman–Crippen MR) is 79.3 cm³/mol. The van der Waals surface area contributed by atoms with E-state index in [-0.39, 0.29) is 16.7 Å². The Kier molecular flexibility index (Phi) is 3.38. The molecule has 3 N–H and O–H groups in total. The van der Waals surface area contributed by atoms with Crippen molar-refractivity contribution in [1.29, 1.82) is 0 Å². The summed E-state index contributed by atoms with van der Waals surface area (Å²) in [4.78, 5) is 35.9. The number of carboxylic acids is 2. The zero-order valence-electron chi connectivity index (χ0n) is 12.2. The van der Waals surface area contributed by atoms with Gasteiger partial charge >= 0.3 is 23.5 Å². The van der Waals surface area contributed by atoms with Crippen molar-refractivity contribution < 1.29 is 34.4 Å². The Labute approximate surface area is 135 Å². The molecule has 0 aromatic heterocycles. The lowest BCUT2D eigenvalue weighted by Crippen LogP contribution is -2.67. The molecule has 0 fully saturated rings. The number of hydrogen-bond acceptors (Lipinski definition) is 5. The van der Waals surface area contributed by atoms with Crippen LogP contribution < -0.4 is 0 Å². The van der Waals surface area contributed by atoms with E-state index in [1.165, 1.54) is 48.5 Å². The van der Waals surface area contributed by atoms with E-state index in [1.54, 1.807) is 6.07 Å². The van der Waals surface area contributed by atoms with Crippen molar-refractivity contribution in [2.45, 2.75) is 11.2 Å². The van der Waals surface area contributed by atoms with E-state index in [4.69, 9.17) is 4.74 Å². The summed E-state index contributed by atoms with van der Waals surface area (Å²) in [6.07, 6.45) is 0. The lowest BCUT2D eigenvalue weighted by atomic mass is 9.69. The van der Waals surface area contributed by atoms with Crippen LogP contribution in [0.25, 0.3) is 0 Å². The number of carboxylic acid groups (broad SMARTS) is 2. The van der Waals surface area contributed by atoms with Crippen LogP contribution in [-0.2, 0) is 19.9 Å². The summed E-state index contributed by atoms with van der Waals surface area (Å²) in [6, 6.07) is 13.0. The van der Waals surface area contributed by atoms with Crippen molar-refractivity contribution >= 4 is 17.9 Å². The molecule has 1 atom stereocenters. The first-order valence-corrected chi connectivity index (χ1v) is 6.93. The normalized spacial score (nSPS) is 21.5. The van der Waals surface area contributed by atoms with E-state index in [1.807, 2.05) is 0 Å². The highest BCUT2D eigenvalue weighted by atomic mass is 16.6. The number of carbonyl (C=O) groups is 3. The van der Waals surface area contributed by atoms with Gasteiger partial charge in [0.2, 0.25) is 0 Å². The second-order valence-electron chi connectivity index (χ2n) is 5.30. The Morgan fingerprint density at radius 2 is 1.42 bits per heavy atom. The van der Waals surface area contributed by atoms with Crippen LogP contribution in [0.1, 0.15) is 21.5 Å². The van der Waals surface area contributed by atoms with Crippen LogP contribution in [0.2, 0.25) is 0 Å². The van der Waals surface area contributed by atoms with Crippen LogP contribution in [0.3, 0.4) is 0 Å². The molecule has 1 aliphatic heterocycles. The number of rotatable bonds is 3. The highest BCUT2D eigenvalue weighted by Crippen LogP contribution is 2.47. The Morgan fingerprint density at radius 1 is 0.875 bits per heavy atom. The van der Waals surface area contributed by atoms with Crippen molar-refractivity contribution in [3.05, 3.63) is 71.3 Å². The molecule has 2 aromatic rings. The third-order valence-electron chi connectivity index (χ3n) is 4.09. The van der Waals surface area contributed by atoms with Crippen molar-refractivity contribution in [3.63, 3.8) is 0 Å². The minimum atomic E-state index is -3.21. The van der Waals surface area contributed by atoms with E-state index < -0.39 is 29.1 Å². The van der Waals surface area contributed by atoms with E-state index in [0.29, 0.717) is 0 Å². The quantitative estimate of drug-likeness (QED) is 0.567. The average molecular weight is 328 g/mol. The third-order valence-corrected chi connectivity index (χ3v) is 4.09. The summed E-state index contributed by atoms with van der Waals surface area (Å²) in [5.74, 6) is -5.09. The summed E-state index contributed by atoms with van der Waals surface area (Å²) in [5.41, 5.74) is -6.06. The lowest BCUT2D eigenvalue weighted by molar-refractivity contribution is -0.205. The Hall–Kier alpha value is -3.19. The molecule has 7 heteroatoms. The number of ether oxygens (including phenoxy) is 1. The second kappa shape index (κ2) is 5.17. The second-order valence-corrected chi connectivity index (χ2v) is 5.30. The lowest BCUT2D eigenvalue weighted by Gasteiger charge is -2.44. The van der Waals surface area contributed by atoms with Crippen molar-refractivity contribution in [1.82, 2.24) is 0 Å². The summed E-state index contributed by atoms with van der Waals surface area (Å²) in [7, 11) is 0. The van der Waals surface area contributed by atoms with Gasteiger partial charge in [-0.3, -0.25) is 0 Å². The van der Waals surface area contributed by atoms with E-state index in [0.717, 1.165) is 0 Å². The van der Waals surface area contributed by atoms with Gasteiger partial charge in [-0.1, -0.05) is 48.5 Å². The number of carbonyl (C=O) groups excluding carboxylic acids is 1. The number of cyclic esters (lactones) is 1. The average Bonchev–Trinajstić information content (AvgIpc) is 2.58. The van der Waals surface area contributed by atoms with Gasteiger partial charge in [0.25, 0.3) is 0 Å².